The van der Waals surface area contributed by atoms with E-state index in [-0.39, 0.29) is 5.91 Å². The average molecular weight is 506 g/mol. The molecule has 0 radical (unpaired) electrons. The molecule has 5 heterocycles. The van der Waals surface area contributed by atoms with Crippen molar-refractivity contribution in [2.24, 2.45) is 4.99 Å². The summed E-state index contributed by atoms with van der Waals surface area (Å²) in [6, 6.07) is 10.4. The molecule has 190 valence electrons. The second kappa shape index (κ2) is 9.55. The highest BCUT2D eigenvalue weighted by Gasteiger charge is 2.23. The fraction of sp³-hybridized carbons (Fsp3) is 0.214. The van der Waals surface area contributed by atoms with Gasteiger partial charge in [-0.15, -0.1) is 0 Å². The number of hydrogen-bond acceptors (Lipinski definition) is 7. The van der Waals surface area contributed by atoms with E-state index < -0.39 is 0 Å². The first-order valence-electron chi connectivity index (χ1n) is 12.4. The summed E-state index contributed by atoms with van der Waals surface area (Å²) < 4.78 is 1.87. The monoisotopic (exact) mass is 505 g/mol. The van der Waals surface area contributed by atoms with Crippen LogP contribution in [0.2, 0.25) is 0 Å². The number of pyridine rings is 1. The van der Waals surface area contributed by atoms with Crippen LogP contribution in [0.1, 0.15) is 23.6 Å². The van der Waals surface area contributed by atoms with Crippen molar-refractivity contribution in [3.63, 3.8) is 0 Å². The SMILES string of the molecule is C/C=C(\C=NC)C(=O)N1CCc2cc(Cn3nc(-c4cnc5[nH]ccc5c4)c4c(N)ncnc43)ccc2C1. The number of hydrogen-bond donors (Lipinski definition) is 2. The highest BCUT2D eigenvalue weighted by Crippen LogP contribution is 2.31. The molecule has 10 nitrogen and oxygen atoms in total. The Morgan fingerprint density at radius 2 is 2.08 bits per heavy atom. The molecule has 1 amide bonds. The van der Waals surface area contributed by atoms with Crippen molar-refractivity contribution in [3.05, 3.63) is 77.4 Å². The minimum Gasteiger partial charge on any atom is -0.383 e. The molecule has 4 aromatic heterocycles. The lowest BCUT2D eigenvalue weighted by atomic mass is 9.96. The van der Waals surface area contributed by atoms with Gasteiger partial charge in [-0.3, -0.25) is 9.79 Å². The first kappa shape index (κ1) is 23.5. The van der Waals surface area contributed by atoms with E-state index in [9.17, 15) is 4.79 Å². The van der Waals surface area contributed by atoms with Gasteiger partial charge in [-0.05, 0) is 42.2 Å². The van der Waals surface area contributed by atoms with E-state index in [0.717, 1.165) is 34.1 Å². The zero-order valence-corrected chi connectivity index (χ0v) is 21.2. The Kier molecular flexibility index (Phi) is 5.91. The average Bonchev–Trinajstić information content (AvgIpc) is 3.56. The molecular weight excluding hydrogens is 478 g/mol. The lowest BCUT2D eigenvalue weighted by Gasteiger charge is -2.29. The van der Waals surface area contributed by atoms with Crippen LogP contribution in [0.4, 0.5) is 5.82 Å². The van der Waals surface area contributed by atoms with E-state index in [0.29, 0.717) is 47.8 Å². The van der Waals surface area contributed by atoms with Crippen molar-refractivity contribution >= 4 is 40.0 Å². The van der Waals surface area contributed by atoms with E-state index in [1.54, 1.807) is 25.5 Å². The maximum absolute atomic E-state index is 12.9. The summed E-state index contributed by atoms with van der Waals surface area (Å²) >= 11 is 0. The molecule has 6 rings (SSSR count). The topological polar surface area (TPSA) is 131 Å². The molecule has 10 heteroatoms. The van der Waals surface area contributed by atoms with Crippen molar-refractivity contribution in [1.29, 1.82) is 0 Å². The summed E-state index contributed by atoms with van der Waals surface area (Å²) in [4.78, 5) is 35.1. The molecule has 1 aliphatic rings. The van der Waals surface area contributed by atoms with Crippen LogP contribution >= 0.6 is 0 Å². The molecular formula is C28H27N9O. The van der Waals surface area contributed by atoms with Crippen LogP contribution in [0.5, 0.6) is 0 Å². The molecule has 3 N–H and O–H groups in total. The van der Waals surface area contributed by atoms with Gasteiger partial charge in [0.25, 0.3) is 5.91 Å². The van der Waals surface area contributed by atoms with E-state index >= 15 is 0 Å². The van der Waals surface area contributed by atoms with Crippen LogP contribution in [0, 0.1) is 0 Å². The molecule has 0 saturated carbocycles. The smallest absolute Gasteiger partial charge is 0.255 e. The summed E-state index contributed by atoms with van der Waals surface area (Å²) in [5.74, 6) is 0.391. The summed E-state index contributed by atoms with van der Waals surface area (Å²) in [6.45, 7) is 3.63. The fourth-order valence-electron chi connectivity index (χ4n) is 5.04. The number of amides is 1. The molecule has 0 bridgehead atoms. The van der Waals surface area contributed by atoms with Gasteiger partial charge >= 0.3 is 0 Å². The van der Waals surface area contributed by atoms with Crippen LogP contribution in [0.25, 0.3) is 33.3 Å². The van der Waals surface area contributed by atoms with Crippen molar-refractivity contribution in [2.45, 2.75) is 26.4 Å². The molecule has 5 aromatic rings. The second-order valence-corrected chi connectivity index (χ2v) is 9.31. The fourth-order valence-corrected chi connectivity index (χ4v) is 5.04. The Balaban J connectivity index is 1.31. The number of nitrogens with two attached hydrogens (primary N) is 1. The number of aromatic amines is 1. The van der Waals surface area contributed by atoms with Crippen molar-refractivity contribution in [3.8, 4) is 11.3 Å². The molecule has 0 atom stereocenters. The number of nitrogens with one attached hydrogen (secondary N) is 1. The highest BCUT2D eigenvalue weighted by atomic mass is 16.2. The third-order valence-electron chi connectivity index (χ3n) is 6.96. The number of fused-ring (bicyclic) bond motifs is 3. The quantitative estimate of drug-likeness (QED) is 0.278. The number of allylic oxidation sites excluding steroid dienone is 1. The van der Waals surface area contributed by atoms with Crippen molar-refractivity contribution in [2.75, 3.05) is 19.3 Å². The normalized spacial score (nSPS) is 14.1. The number of H-pyrrole nitrogens is 1. The molecule has 1 aromatic carbocycles. The number of carbonyl (C=O) groups excluding carboxylic acids is 1. The van der Waals surface area contributed by atoms with Gasteiger partial charge in [0.1, 0.15) is 23.5 Å². The summed E-state index contributed by atoms with van der Waals surface area (Å²) in [5.41, 5.74) is 13.5. The van der Waals surface area contributed by atoms with Gasteiger partial charge in [0.05, 0.1) is 17.5 Å². The molecule has 0 unspecified atom stereocenters. The van der Waals surface area contributed by atoms with Crippen LogP contribution in [-0.4, -0.2) is 60.3 Å². The number of nitrogen functional groups attached to an aromatic ring is 1. The van der Waals surface area contributed by atoms with Crippen LogP contribution in [-0.2, 0) is 24.3 Å². The number of anilines is 1. The minimum atomic E-state index is 0.00737. The standard InChI is InChI=1S/C28H27N9O/c1-3-18(12-30-2)28(38)36-9-7-19-10-17(4-5-21(19)15-36)14-37-27-23(25(29)33-16-34-27)24(35-37)22-11-20-6-8-31-26(20)32-13-22/h3-6,8,10-13,16H,7,9,14-15H2,1-2H3,(H,31,32)(H2,29,33,34)/b18-3+,30-12?. The molecule has 0 aliphatic carbocycles. The van der Waals surface area contributed by atoms with E-state index in [1.165, 1.54) is 11.9 Å². The summed E-state index contributed by atoms with van der Waals surface area (Å²) in [7, 11) is 1.67. The van der Waals surface area contributed by atoms with Crippen molar-refractivity contribution in [1.82, 2.24) is 34.6 Å². The maximum atomic E-state index is 12.9. The van der Waals surface area contributed by atoms with Gasteiger partial charge in [-0.2, -0.15) is 5.10 Å². The number of aliphatic imine (C=N–C) groups is 1. The minimum absolute atomic E-state index is 0.00737. The molecule has 1 aliphatic heterocycles. The van der Waals surface area contributed by atoms with Gasteiger partial charge in [-0.1, -0.05) is 24.3 Å². The largest absolute Gasteiger partial charge is 0.383 e. The lowest BCUT2D eigenvalue weighted by molar-refractivity contribution is -0.127. The van der Waals surface area contributed by atoms with Gasteiger partial charge in [0.15, 0.2) is 5.65 Å². The third-order valence-corrected chi connectivity index (χ3v) is 6.96. The zero-order valence-electron chi connectivity index (χ0n) is 21.2. The van der Waals surface area contributed by atoms with Gasteiger partial charge in [0, 0.05) is 49.7 Å². The number of rotatable bonds is 5. The Labute approximate surface area is 218 Å². The first-order chi connectivity index (χ1) is 18.6. The summed E-state index contributed by atoms with van der Waals surface area (Å²) in [6.07, 6.45) is 9.33. The second-order valence-electron chi connectivity index (χ2n) is 9.31. The Morgan fingerprint density at radius 3 is 2.92 bits per heavy atom. The number of benzene rings is 1. The number of aromatic nitrogens is 6. The van der Waals surface area contributed by atoms with E-state index in [4.69, 9.17) is 10.8 Å². The van der Waals surface area contributed by atoms with Gasteiger partial charge < -0.3 is 15.6 Å². The Bertz CT molecular complexity index is 1740. The summed E-state index contributed by atoms with van der Waals surface area (Å²) in [5, 5.41) is 6.62. The van der Waals surface area contributed by atoms with Crippen molar-refractivity contribution < 1.29 is 4.79 Å². The predicted octanol–water partition coefficient (Wildman–Crippen LogP) is 3.53. The van der Waals surface area contributed by atoms with Crippen LogP contribution in [0.3, 0.4) is 0 Å². The predicted molar refractivity (Wildman–Crippen MR) is 148 cm³/mol. The van der Waals surface area contributed by atoms with E-state index in [2.05, 4.69) is 43.1 Å². The zero-order chi connectivity index (χ0) is 26.2. The van der Waals surface area contributed by atoms with Crippen LogP contribution < -0.4 is 5.73 Å². The maximum Gasteiger partial charge on any atom is 0.255 e. The molecule has 38 heavy (non-hydrogen) atoms. The molecule has 0 spiro atoms. The Hall–Kier alpha value is -4.86. The number of carbonyl (C=O) groups is 1. The van der Waals surface area contributed by atoms with Gasteiger partial charge in [0.2, 0.25) is 0 Å². The van der Waals surface area contributed by atoms with Crippen LogP contribution in [0.15, 0.2) is 65.7 Å². The third kappa shape index (κ3) is 4.09. The van der Waals surface area contributed by atoms with E-state index in [1.807, 2.05) is 34.8 Å². The van der Waals surface area contributed by atoms with Gasteiger partial charge in [-0.25, -0.2) is 19.6 Å². The first-order valence-corrected chi connectivity index (χ1v) is 12.4. The molecule has 0 saturated heterocycles. The lowest BCUT2D eigenvalue weighted by Crippen LogP contribution is -2.37. The highest BCUT2D eigenvalue weighted by molar-refractivity contribution is 6.12. The molecule has 0 fully saturated rings. The Morgan fingerprint density at radius 1 is 1.18 bits per heavy atom. The number of nitrogens with zero attached hydrogens (tertiary/aromatic N) is 7.